The van der Waals surface area contributed by atoms with Gasteiger partial charge < -0.3 is 18.9 Å². The molecule has 2 aromatic carbocycles. The van der Waals surface area contributed by atoms with Gasteiger partial charge in [0, 0.05) is 37.2 Å². The van der Waals surface area contributed by atoms with Crippen LogP contribution in [0.3, 0.4) is 0 Å². The van der Waals surface area contributed by atoms with Gasteiger partial charge in [-0.1, -0.05) is 20.8 Å². The average Bonchev–Trinajstić information content (AvgIpc) is 3.36. The minimum atomic E-state index is -0.304. The summed E-state index contributed by atoms with van der Waals surface area (Å²) in [5.74, 6) is 2.10. The van der Waals surface area contributed by atoms with E-state index in [9.17, 15) is 9.18 Å². The maximum Gasteiger partial charge on any atom is 0.231 e. The molecule has 0 spiro atoms. The zero-order valence-corrected chi connectivity index (χ0v) is 18.7. The highest BCUT2D eigenvalue weighted by atomic mass is 19.1. The van der Waals surface area contributed by atoms with Crippen molar-refractivity contribution in [2.75, 3.05) is 19.9 Å². The van der Waals surface area contributed by atoms with Crippen molar-refractivity contribution in [3.8, 4) is 22.9 Å². The summed E-state index contributed by atoms with van der Waals surface area (Å²) >= 11 is 0. The van der Waals surface area contributed by atoms with E-state index in [1.54, 1.807) is 6.07 Å². The third kappa shape index (κ3) is 3.92. The molecule has 1 fully saturated rings. The first-order valence-corrected chi connectivity index (χ1v) is 11.1. The molecule has 0 N–H and O–H groups in total. The first-order chi connectivity index (χ1) is 15.3. The van der Waals surface area contributed by atoms with Gasteiger partial charge in [0.2, 0.25) is 12.7 Å². The molecule has 1 aromatic heterocycles. The summed E-state index contributed by atoms with van der Waals surface area (Å²) in [5.41, 5.74) is 2.41. The van der Waals surface area contributed by atoms with Crippen molar-refractivity contribution in [2.45, 2.75) is 46.1 Å². The van der Waals surface area contributed by atoms with Gasteiger partial charge in [-0.15, -0.1) is 0 Å². The SMILES string of the molecule is CC(C)(C)CC(=O)N1CCC(n2c(-c3ccc4c(c3)OCO4)nc3cc(F)ccc32)CC1. The number of carbonyl (C=O) groups excluding carboxylic acids is 1. The Bertz CT molecular complexity index is 1170. The highest BCUT2D eigenvalue weighted by Crippen LogP contribution is 2.39. The van der Waals surface area contributed by atoms with Crippen LogP contribution in [0.15, 0.2) is 36.4 Å². The molecule has 1 saturated heterocycles. The summed E-state index contributed by atoms with van der Waals surface area (Å²) in [5, 5.41) is 0. The normalized spacial score (nSPS) is 16.7. The van der Waals surface area contributed by atoms with Gasteiger partial charge in [0.25, 0.3) is 0 Å². The van der Waals surface area contributed by atoms with E-state index in [0.717, 1.165) is 29.7 Å². The minimum Gasteiger partial charge on any atom is -0.454 e. The van der Waals surface area contributed by atoms with Crippen LogP contribution < -0.4 is 9.47 Å². The Morgan fingerprint density at radius 3 is 2.59 bits per heavy atom. The number of ether oxygens (including phenoxy) is 2. The molecule has 0 bridgehead atoms. The maximum absolute atomic E-state index is 13.9. The van der Waals surface area contributed by atoms with Gasteiger partial charge >= 0.3 is 0 Å². The fraction of sp³-hybridized carbons (Fsp3) is 0.440. The zero-order chi connectivity index (χ0) is 22.5. The van der Waals surface area contributed by atoms with Gasteiger partial charge in [0.15, 0.2) is 11.5 Å². The molecule has 0 radical (unpaired) electrons. The molecule has 1 amide bonds. The van der Waals surface area contributed by atoms with Crippen LogP contribution in [0.2, 0.25) is 0 Å². The van der Waals surface area contributed by atoms with E-state index < -0.39 is 0 Å². The lowest BCUT2D eigenvalue weighted by Crippen LogP contribution is -2.40. The second-order valence-corrected chi connectivity index (χ2v) is 9.86. The van der Waals surface area contributed by atoms with E-state index in [1.807, 2.05) is 23.1 Å². The zero-order valence-electron chi connectivity index (χ0n) is 18.7. The number of hydrogen-bond acceptors (Lipinski definition) is 4. The van der Waals surface area contributed by atoms with Crippen LogP contribution in [0.1, 0.15) is 46.1 Å². The molecule has 0 saturated carbocycles. The number of imidazole rings is 1. The Labute approximate surface area is 186 Å². The molecule has 32 heavy (non-hydrogen) atoms. The monoisotopic (exact) mass is 437 g/mol. The van der Waals surface area contributed by atoms with E-state index in [0.29, 0.717) is 36.5 Å². The summed E-state index contributed by atoms with van der Waals surface area (Å²) < 4.78 is 27.2. The van der Waals surface area contributed by atoms with Crippen LogP contribution in [-0.4, -0.2) is 40.2 Å². The van der Waals surface area contributed by atoms with Crippen LogP contribution in [0, 0.1) is 11.2 Å². The summed E-state index contributed by atoms with van der Waals surface area (Å²) in [4.78, 5) is 19.5. The van der Waals surface area contributed by atoms with Gasteiger partial charge in [-0.25, -0.2) is 9.37 Å². The highest BCUT2D eigenvalue weighted by Gasteiger charge is 2.29. The predicted octanol–water partition coefficient (Wildman–Crippen LogP) is 5.17. The Kier molecular flexibility index (Phi) is 5.07. The topological polar surface area (TPSA) is 56.6 Å². The molecule has 0 atom stereocenters. The number of amides is 1. The fourth-order valence-electron chi connectivity index (χ4n) is 4.62. The molecule has 5 rings (SSSR count). The Hall–Kier alpha value is -3.09. The number of carbonyl (C=O) groups is 1. The number of hydrogen-bond donors (Lipinski definition) is 0. The standard InChI is InChI=1S/C25H28FN3O3/c1-25(2,3)14-23(30)28-10-8-18(9-11-28)29-20-6-5-17(26)13-19(20)27-24(29)16-4-7-21-22(12-16)32-15-31-21/h4-7,12-13,18H,8-11,14-15H2,1-3H3. The van der Waals surface area contributed by atoms with Gasteiger partial charge in [0.1, 0.15) is 11.6 Å². The van der Waals surface area contributed by atoms with Crippen LogP contribution >= 0.6 is 0 Å². The molecule has 2 aliphatic rings. The molecular weight excluding hydrogens is 409 g/mol. The third-order valence-corrected chi connectivity index (χ3v) is 6.15. The van der Waals surface area contributed by atoms with Crippen molar-refractivity contribution >= 4 is 16.9 Å². The lowest BCUT2D eigenvalue weighted by atomic mass is 9.91. The first-order valence-electron chi connectivity index (χ1n) is 11.1. The summed E-state index contributed by atoms with van der Waals surface area (Å²) in [6.07, 6.45) is 2.21. The fourth-order valence-corrected chi connectivity index (χ4v) is 4.62. The third-order valence-electron chi connectivity index (χ3n) is 6.15. The average molecular weight is 438 g/mol. The quantitative estimate of drug-likeness (QED) is 0.567. The van der Waals surface area contributed by atoms with Gasteiger partial charge in [0.05, 0.1) is 11.0 Å². The second kappa shape index (κ2) is 7.80. The van der Waals surface area contributed by atoms with Gasteiger partial charge in [-0.3, -0.25) is 4.79 Å². The van der Waals surface area contributed by atoms with Gasteiger partial charge in [-0.2, -0.15) is 0 Å². The number of benzene rings is 2. The number of fused-ring (bicyclic) bond motifs is 2. The Morgan fingerprint density at radius 2 is 1.84 bits per heavy atom. The van der Waals surface area contributed by atoms with Crippen LogP contribution in [-0.2, 0) is 4.79 Å². The van der Waals surface area contributed by atoms with Crippen LogP contribution in [0.25, 0.3) is 22.4 Å². The molecule has 7 heteroatoms. The van der Waals surface area contributed by atoms with E-state index in [1.165, 1.54) is 12.1 Å². The number of aromatic nitrogens is 2. The molecule has 6 nitrogen and oxygen atoms in total. The van der Waals surface area contributed by atoms with E-state index in [4.69, 9.17) is 14.5 Å². The molecule has 3 aromatic rings. The lowest BCUT2D eigenvalue weighted by Gasteiger charge is -2.35. The summed E-state index contributed by atoms with van der Waals surface area (Å²) in [7, 11) is 0. The number of halogens is 1. The number of rotatable bonds is 3. The molecule has 168 valence electrons. The number of piperidine rings is 1. The molecule has 0 unspecified atom stereocenters. The molecule has 0 aliphatic carbocycles. The summed E-state index contributed by atoms with van der Waals surface area (Å²) in [6.45, 7) is 7.90. The van der Waals surface area contributed by atoms with Crippen molar-refractivity contribution < 1.29 is 18.7 Å². The van der Waals surface area contributed by atoms with Crippen LogP contribution in [0.4, 0.5) is 4.39 Å². The molecular formula is C25H28FN3O3. The van der Waals surface area contributed by atoms with Gasteiger partial charge in [-0.05, 0) is 48.6 Å². The highest BCUT2D eigenvalue weighted by molar-refractivity contribution is 5.81. The number of nitrogens with zero attached hydrogens (tertiary/aromatic N) is 3. The predicted molar refractivity (Wildman–Crippen MR) is 120 cm³/mol. The van der Waals surface area contributed by atoms with E-state index in [-0.39, 0.29) is 30.0 Å². The molecule has 2 aliphatic heterocycles. The van der Waals surface area contributed by atoms with E-state index in [2.05, 4.69) is 25.3 Å². The largest absolute Gasteiger partial charge is 0.454 e. The molecule has 3 heterocycles. The minimum absolute atomic E-state index is 0.0227. The second-order valence-electron chi connectivity index (χ2n) is 9.86. The van der Waals surface area contributed by atoms with Crippen molar-refractivity contribution in [3.63, 3.8) is 0 Å². The summed E-state index contributed by atoms with van der Waals surface area (Å²) in [6, 6.07) is 10.7. The Morgan fingerprint density at radius 1 is 1.09 bits per heavy atom. The van der Waals surface area contributed by atoms with Crippen molar-refractivity contribution in [1.82, 2.24) is 14.5 Å². The van der Waals surface area contributed by atoms with Crippen molar-refractivity contribution in [1.29, 1.82) is 0 Å². The number of likely N-dealkylation sites (tertiary alicyclic amines) is 1. The maximum atomic E-state index is 13.9. The van der Waals surface area contributed by atoms with Crippen molar-refractivity contribution in [2.24, 2.45) is 5.41 Å². The first kappa shape index (κ1) is 20.8. The van der Waals surface area contributed by atoms with Crippen molar-refractivity contribution in [3.05, 3.63) is 42.2 Å². The lowest BCUT2D eigenvalue weighted by molar-refractivity contribution is -0.134. The van der Waals surface area contributed by atoms with E-state index >= 15 is 0 Å². The van der Waals surface area contributed by atoms with Crippen LogP contribution in [0.5, 0.6) is 11.5 Å². The Balaban J connectivity index is 1.47. The smallest absolute Gasteiger partial charge is 0.231 e.